The van der Waals surface area contributed by atoms with Crippen LogP contribution in [0, 0.1) is 17.8 Å². The first-order valence-corrected chi connectivity index (χ1v) is 11.3. The summed E-state index contributed by atoms with van der Waals surface area (Å²) in [6.07, 6.45) is 4.37. The highest BCUT2D eigenvalue weighted by molar-refractivity contribution is 5.65. The molecule has 4 rings (SSSR count). The first-order valence-electron chi connectivity index (χ1n) is 11.3. The highest BCUT2D eigenvalue weighted by Gasteiger charge is 2.30. The highest BCUT2D eigenvalue weighted by Crippen LogP contribution is 2.33. The number of imidazole rings is 1. The van der Waals surface area contributed by atoms with Crippen LogP contribution in [0.15, 0.2) is 60.9 Å². The van der Waals surface area contributed by atoms with Crippen LogP contribution in [0.25, 0.3) is 11.1 Å². The van der Waals surface area contributed by atoms with Gasteiger partial charge in [-0.3, -0.25) is 0 Å². The van der Waals surface area contributed by atoms with E-state index in [-0.39, 0.29) is 12.7 Å². The second kappa shape index (κ2) is 9.80. The minimum absolute atomic E-state index is 0.208. The standard InChI is InChI=1S/C27H30N2O4/c1-19(31)26-28-15-16-29(26)27(2,18-30)14-13-20-3-5-21(6-4-20)22-9-11-24(12-10-22)33-17-25(32)23-7-8-23/h3-6,9-12,15-16,19,23,25,30-32H,7-8,17-18H2,1-2H3/t19-,25?,27+/m0/s1. The van der Waals surface area contributed by atoms with Gasteiger partial charge in [0.15, 0.2) is 0 Å². The van der Waals surface area contributed by atoms with Gasteiger partial charge in [-0.1, -0.05) is 36.1 Å². The Labute approximate surface area is 194 Å². The summed E-state index contributed by atoms with van der Waals surface area (Å²) in [7, 11) is 0. The van der Waals surface area contributed by atoms with E-state index in [0.717, 1.165) is 35.3 Å². The number of aliphatic hydroxyl groups is 3. The summed E-state index contributed by atoms with van der Waals surface area (Å²) in [5.74, 6) is 7.89. The van der Waals surface area contributed by atoms with E-state index >= 15 is 0 Å². The number of ether oxygens (including phenoxy) is 1. The van der Waals surface area contributed by atoms with Crippen molar-refractivity contribution in [2.24, 2.45) is 5.92 Å². The van der Waals surface area contributed by atoms with E-state index in [4.69, 9.17) is 4.74 Å². The van der Waals surface area contributed by atoms with Crippen LogP contribution in [-0.4, -0.2) is 44.2 Å². The van der Waals surface area contributed by atoms with Crippen LogP contribution in [-0.2, 0) is 5.54 Å². The molecule has 1 aliphatic rings. The smallest absolute Gasteiger partial charge is 0.138 e. The maximum atomic E-state index is 10.00. The molecule has 0 spiro atoms. The second-order valence-electron chi connectivity index (χ2n) is 8.83. The van der Waals surface area contributed by atoms with E-state index in [9.17, 15) is 15.3 Å². The Morgan fingerprint density at radius 3 is 2.30 bits per heavy atom. The monoisotopic (exact) mass is 446 g/mol. The SMILES string of the molecule is C[C@H](O)c1nccn1[C@](C)(C#Cc1ccc(-c2ccc(OCC(O)C3CC3)cc2)cc1)CO. The number of aliphatic hydroxyl groups excluding tert-OH is 3. The molecule has 0 radical (unpaired) electrons. The molecule has 6 heteroatoms. The fourth-order valence-corrected chi connectivity index (χ4v) is 3.71. The first-order chi connectivity index (χ1) is 15.9. The minimum atomic E-state index is -0.898. The van der Waals surface area contributed by atoms with Crippen LogP contribution >= 0.6 is 0 Å². The van der Waals surface area contributed by atoms with Crippen molar-refractivity contribution in [2.75, 3.05) is 13.2 Å². The van der Waals surface area contributed by atoms with Crippen molar-refractivity contribution >= 4 is 0 Å². The Balaban J connectivity index is 1.44. The third-order valence-electron chi connectivity index (χ3n) is 6.02. The van der Waals surface area contributed by atoms with Crippen molar-refractivity contribution < 1.29 is 20.1 Å². The zero-order chi connectivity index (χ0) is 23.4. The van der Waals surface area contributed by atoms with Crippen molar-refractivity contribution in [3.8, 4) is 28.7 Å². The van der Waals surface area contributed by atoms with Gasteiger partial charge in [0.25, 0.3) is 0 Å². The van der Waals surface area contributed by atoms with E-state index in [1.54, 1.807) is 23.9 Å². The number of aromatic nitrogens is 2. The molecule has 33 heavy (non-hydrogen) atoms. The predicted molar refractivity (Wildman–Crippen MR) is 127 cm³/mol. The largest absolute Gasteiger partial charge is 0.491 e. The molecule has 0 saturated heterocycles. The Morgan fingerprint density at radius 2 is 1.73 bits per heavy atom. The maximum absolute atomic E-state index is 10.00. The zero-order valence-electron chi connectivity index (χ0n) is 19.0. The summed E-state index contributed by atoms with van der Waals surface area (Å²) in [5.41, 5.74) is 2.04. The Kier molecular flexibility index (Phi) is 6.85. The lowest BCUT2D eigenvalue weighted by molar-refractivity contribution is 0.0894. The Morgan fingerprint density at radius 1 is 1.09 bits per heavy atom. The molecule has 6 nitrogen and oxygen atoms in total. The molecule has 0 bridgehead atoms. The molecule has 0 amide bonds. The quantitative estimate of drug-likeness (QED) is 0.461. The molecule has 1 aliphatic carbocycles. The van der Waals surface area contributed by atoms with Gasteiger partial charge >= 0.3 is 0 Å². The van der Waals surface area contributed by atoms with E-state index in [1.807, 2.05) is 55.5 Å². The van der Waals surface area contributed by atoms with E-state index < -0.39 is 11.6 Å². The van der Waals surface area contributed by atoms with Crippen molar-refractivity contribution in [3.05, 3.63) is 72.3 Å². The molecule has 1 unspecified atom stereocenters. The van der Waals surface area contributed by atoms with Gasteiger partial charge in [-0.2, -0.15) is 0 Å². The van der Waals surface area contributed by atoms with Gasteiger partial charge in [0.2, 0.25) is 0 Å². The van der Waals surface area contributed by atoms with Crippen molar-refractivity contribution in [1.29, 1.82) is 0 Å². The molecule has 3 aromatic rings. The molecule has 3 N–H and O–H groups in total. The number of rotatable bonds is 8. The molecular formula is C27H30N2O4. The average molecular weight is 447 g/mol. The molecule has 3 atom stereocenters. The summed E-state index contributed by atoms with van der Waals surface area (Å²) in [4.78, 5) is 4.18. The van der Waals surface area contributed by atoms with Gasteiger partial charge in [-0.05, 0) is 68.0 Å². The van der Waals surface area contributed by atoms with Gasteiger partial charge in [0, 0.05) is 18.0 Å². The molecule has 1 aromatic heterocycles. The fourth-order valence-electron chi connectivity index (χ4n) is 3.71. The molecule has 0 aliphatic heterocycles. The molecule has 1 saturated carbocycles. The topological polar surface area (TPSA) is 87.7 Å². The molecule has 2 aromatic carbocycles. The summed E-state index contributed by atoms with van der Waals surface area (Å²) >= 11 is 0. The molecular weight excluding hydrogens is 416 g/mol. The summed E-state index contributed by atoms with van der Waals surface area (Å²) < 4.78 is 7.41. The van der Waals surface area contributed by atoms with Gasteiger partial charge in [-0.15, -0.1) is 0 Å². The molecule has 1 fully saturated rings. The third kappa shape index (κ3) is 5.45. The van der Waals surface area contributed by atoms with Gasteiger partial charge < -0.3 is 24.6 Å². The van der Waals surface area contributed by atoms with E-state index in [2.05, 4.69) is 16.8 Å². The van der Waals surface area contributed by atoms with Gasteiger partial charge in [-0.25, -0.2) is 4.98 Å². The van der Waals surface area contributed by atoms with Crippen LogP contribution in [0.1, 0.15) is 44.2 Å². The normalized spacial score (nSPS) is 16.9. The number of benzene rings is 2. The lowest BCUT2D eigenvalue weighted by atomic mass is 10.0. The van der Waals surface area contributed by atoms with Crippen LogP contribution in [0.3, 0.4) is 0 Å². The maximum Gasteiger partial charge on any atom is 0.138 e. The molecule has 172 valence electrons. The lowest BCUT2D eigenvalue weighted by Gasteiger charge is -2.25. The zero-order valence-corrected chi connectivity index (χ0v) is 19.0. The van der Waals surface area contributed by atoms with Crippen molar-refractivity contribution in [1.82, 2.24) is 9.55 Å². The molecule has 1 heterocycles. The Hall–Kier alpha value is -3.11. The predicted octanol–water partition coefficient (Wildman–Crippen LogP) is 3.51. The Bertz CT molecular complexity index is 1120. The average Bonchev–Trinajstić information content (AvgIpc) is 3.57. The highest BCUT2D eigenvalue weighted by atomic mass is 16.5. The number of hydrogen-bond acceptors (Lipinski definition) is 5. The van der Waals surface area contributed by atoms with Crippen LogP contribution in [0.2, 0.25) is 0 Å². The van der Waals surface area contributed by atoms with Crippen LogP contribution < -0.4 is 4.74 Å². The number of nitrogens with zero attached hydrogens (tertiary/aromatic N) is 2. The van der Waals surface area contributed by atoms with Crippen molar-refractivity contribution in [2.45, 2.75) is 44.4 Å². The van der Waals surface area contributed by atoms with E-state index in [1.165, 1.54) is 0 Å². The van der Waals surface area contributed by atoms with Crippen LogP contribution in [0.4, 0.5) is 0 Å². The van der Waals surface area contributed by atoms with Gasteiger partial charge in [0.1, 0.15) is 29.8 Å². The lowest BCUT2D eigenvalue weighted by Crippen LogP contribution is -2.34. The van der Waals surface area contributed by atoms with Crippen molar-refractivity contribution in [3.63, 3.8) is 0 Å². The van der Waals surface area contributed by atoms with Gasteiger partial charge in [0.05, 0.1) is 12.7 Å². The second-order valence-corrected chi connectivity index (χ2v) is 8.83. The summed E-state index contributed by atoms with van der Waals surface area (Å²) in [6.45, 7) is 3.58. The summed E-state index contributed by atoms with van der Waals surface area (Å²) in [5, 5.41) is 29.9. The third-order valence-corrected chi connectivity index (χ3v) is 6.02. The van der Waals surface area contributed by atoms with E-state index in [0.29, 0.717) is 18.3 Å². The fraction of sp³-hybridized carbons (Fsp3) is 0.370. The van der Waals surface area contributed by atoms with Crippen LogP contribution in [0.5, 0.6) is 5.75 Å². The summed E-state index contributed by atoms with van der Waals surface area (Å²) in [6, 6.07) is 15.7. The minimum Gasteiger partial charge on any atom is -0.491 e. The number of hydrogen-bond donors (Lipinski definition) is 3. The first kappa shape index (κ1) is 23.1.